The van der Waals surface area contributed by atoms with Crippen LogP contribution >= 0.6 is 38.6 Å². The van der Waals surface area contributed by atoms with Crippen molar-refractivity contribution in [2.45, 2.75) is 18.4 Å². The number of nitrogens with two attached hydrogens (primary N) is 1. The third kappa shape index (κ3) is 2.33. The smallest absolute Gasteiger partial charge is 0.240 e. The topological polar surface area (TPSA) is 58.7 Å². The van der Waals surface area contributed by atoms with Gasteiger partial charge < -0.3 is 5.73 Å². The summed E-state index contributed by atoms with van der Waals surface area (Å²) in [5, 5.41) is 3.98. The van der Waals surface area contributed by atoms with E-state index in [9.17, 15) is 4.79 Å². The van der Waals surface area contributed by atoms with E-state index in [1.807, 2.05) is 35.9 Å². The summed E-state index contributed by atoms with van der Waals surface area (Å²) in [4.78, 5) is 20.9. The van der Waals surface area contributed by atoms with E-state index in [0.29, 0.717) is 0 Å². The van der Waals surface area contributed by atoms with E-state index in [-0.39, 0.29) is 17.8 Å². The van der Waals surface area contributed by atoms with Crippen LogP contribution in [-0.4, -0.2) is 23.8 Å². The van der Waals surface area contributed by atoms with Gasteiger partial charge in [0, 0.05) is 26.7 Å². The van der Waals surface area contributed by atoms with Crippen molar-refractivity contribution in [2.24, 2.45) is 10.7 Å². The van der Waals surface area contributed by atoms with Gasteiger partial charge in [-0.2, -0.15) is 0 Å². The fourth-order valence-corrected chi connectivity index (χ4v) is 5.06. The number of carbonyl (C=O) groups excluding carboxylic acids is 1. The van der Waals surface area contributed by atoms with Gasteiger partial charge >= 0.3 is 0 Å². The van der Waals surface area contributed by atoms with E-state index in [1.165, 1.54) is 4.90 Å². The van der Waals surface area contributed by atoms with Crippen LogP contribution in [0.4, 0.5) is 0 Å². The van der Waals surface area contributed by atoms with Gasteiger partial charge in [0.25, 0.3) is 0 Å². The summed E-state index contributed by atoms with van der Waals surface area (Å²) in [5.41, 5.74) is 5.28. The molecule has 7 heteroatoms. The van der Waals surface area contributed by atoms with Crippen molar-refractivity contribution in [3.8, 4) is 0 Å². The predicted octanol–water partition coefficient (Wildman–Crippen LogP) is 3.36. The number of carbonyl (C=O) groups is 1. The van der Waals surface area contributed by atoms with Crippen LogP contribution in [-0.2, 0) is 10.3 Å². The minimum atomic E-state index is -0.671. The average Bonchev–Trinajstić information content (AvgIpc) is 3.08. The normalized spacial score (nSPS) is 26.0. The highest BCUT2D eigenvalue weighted by Crippen LogP contribution is 2.47. The highest BCUT2D eigenvalue weighted by atomic mass is 79.9. The molecule has 21 heavy (non-hydrogen) atoms. The van der Waals surface area contributed by atoms with Crippen LogP contribution in [0.3, 0.4) is 0 Å². The summed E-state index contributed by atoms with van der Waals surface area (Å²) in [5.74, 6) is -0.0999. The molecule has 3 rings (SSSR count). The maximum Gasteiger partial charge on any atom is 0.240 e. The maximum absolute atomic E-state index is 12.8. The Balaban J connectivity index is 2.20. The van der Waals surface area contributed by atoms with Gasteiger partial charge in [0.2, 0.25) is 5.91 Å². The summed E-state index contributed by atoms with van der Waals surface area (Å²) in [7, 11) is 1.67. The van der Waals surface area contributed by atoms with Gasteiger partial charge in [-0.25, -0.2) is 4.99 Å². The number of hydrogen-bond donors (Lipinski definition) is 1. The highest BCUT2D eigenvalue weighted by molar-refractivity contribution is 9.10. The lowest BCUT2D eigenvalue weighted by Crippen LogP contribution is -2.52. The van der Waals surface area contributed by atoms with Crippen LogP contribution < -0.4 is 5.73 Å². The van der Waals surface area contributed by atoms with Crippen molar-refractivity contribution >= 4 is 50.5 Å². The largest absolute Gasteiger partial charge is 0.369 e. The third-order valence-electron chi connectivity index (χ3n) is 3.72. The minimum Gasteiger partial charge on any atom is -0.369 e. The summed E-state index contributed by atoms with van der Waals surface area (Å²) in [6.07, 6.45) is 0. The van der Waals surface area contributed by atoms with Gasteiger partial charge in [-0.15, -0.1) is 22.7 Å². The second-order valence-corrected chi connectivity index (χ2v) is 7.90. The molecular weight excluding hydrogens is 370 g/mol. The van der Waals surface area contributed by atoms with E-state index < -0.39 is 5.54 Å². The second kappa shape index (κ2) is 5.23. The molecule has 0 fully saturated rings. The molecule has 110 valence electrons. The lowest BCUT2D eigenvalue weighted by molar-refractivity contribution is -0.130. The van der Waals surface area contributed by atoms with E-state index in [1.54, 1.807) is 29.7 Å². The molecule has 0 saturated carbocycles. The SMILES string of the molecule is CN1C(=O)C(c2cccs2)[C@@](C)(c2cc(Br)cs2)N=C1N. The number of aliphatic imine (C=N–C) groups is 1. The summed E-state index contributed by atoms with van der Waals surface area (Å²) < 4.78 is 0.994. The molecule has 0 bridgehead atoms. The van der Waals surface area contributed by atoms with Gasteiger partial charge in [0.1, 0.15) is 11.5 Å². The second-order valence-electron chi connectivity index (χ2n) is 5.09. The number of hydrogen-bond acceptors (Lipinski definition) is 5. The quantitative estimate of drug-likeness (QED) is 0.863. The summed E-state index contributed by atoms with van der Waals surface area (Å²) in [6, 6.07) is 5.96. The van der Waals surface area contributed by atoms with Gasteiger partial charge in [0.15, 0.2) is 5.96 Å². The molecule has 1 unspecified atom stereocenters. The number of thiophene rings is 2. The first-order valence-corrected chi connectivity index (χ1v) is 8.89. The molecule has 0 saturated heterocycles. The molecule has 1 aliphatic heterocycles. The van der Waals surface area contributed by atoms with Gasteiger partial charge in [-0.3, -0.25) is 9.69 Å². The summed E-state index contributed by atoms with van der Waals surface area (Å²) >= 11 is 6.63. The molecule has 3 heterocycles. The molecule has 1 aliphatic rings. The van der Waals surface area contributed by atoms with E-state index in [4.69, 9.17) is 5.73 Å². The Morgan fingerprint density at radius 3 is 2.81 bits per heavy atom. The zero-order chi connectivity index (χ0) is 15.2. The van der Waals surface area contributed by atoms with Gasteiger partial charge in [0.05, 0.1) is 0 Å². The fraction of sp³-hybridized carbons (Fsp3) is 0.286. The zero-order valence-electron chi connectivity index (χ0n) is 11.5. The average molecular weight is 384 g/mol. The molecule has 0 aromatic carbocycles. The van der Waals surface area contributed by atoms with Crippen molar-refractivity contribution in [1.29, 1.82) is 0 Å². The Hall–Kier alpha value is -1.18. The van der Waals surface area contributed by atoms with E-state index in [2.05, 4.69) is 20.9 Å². The van der Waals surface area contributed by atoms with E-state index in [0.717, 1.165) is 14.2 Å². The number of guanidine groups is 1. The Bertz CT molecular complexity index is 710. The van der Waals surface area contributed by atoms with Gasteiger partial charge in [-0.1, -0.05) is 6.07 Å². The van der Waals surface area contributed by atoms with Crippen LogP contribution in [0.25, 0.3) is 0 Å². The molecule has 2 atom stereocenters. The molecule has 1 amide bonds. The van der Waals surface area contributed by atoms with Crippen LogP contribution in [0.15, 0.2) is 38.4 Å². The van der Waals surface area contributed by atoms with Crippen molar-refractivity contribution in [1.82, 2.24) is 4.90 Å². The number of rotatable bonds is 2. The number of halogens is 1. The molecule has 0 aliphatic carbocycles. The Labute approximate surface area is 139 Å². The van der Waals surface area contributed by atoms with Crippen molar-refractivity contribution in [3.63, 3.8) is 0 Å². The van der Waals surface area contributed by atoms with Crippen LogP contribution in [0, 0.1) is 0 Å². The Morgan fingerprint density at radius 2 is 2.24 bits per heavy atom. The predicted molar refractivity (Wildman–Crippen MR) is 90.8 cm³/mol. The van der Waals surface area contributed by atoms with Crippen LogP contribution in [0.2, 0.25) is 0 Å². The molecule has 2 N–H and O–H groups in total. The fourth-order valence-electron chi connectivity index (χ4n) is 2.55. The Kier molecular flexibility index (Phi) is 3.67. The highest BCUT2D eigenvalue weighted by Gasteiger charge is 2.48. The number of likely N-dealkylation sites (N-methyl/N-ethyl adjacent to an activating group) is 1. The number of nitrogens with zero attached hydrogens (tertiary/aromatic N) is 2. The van der Waals surface area contributed by atoms with E-state index >= 15 is 0 Å². The molecule has 2 aromatic rings. The first kappa shape index (κ1) is 14.7. The standard InChI is InChI=1S/C14H14BrN3OS2/c1-14(10-6-8(15)7-21-10)11(9-4-3-5-20-9)12(19)18(2)13(16)17-14/h3-7,11H,1-2H3,(H2,16,17)/t11?,14-/m1/s1. The summed E-state index contributed by atoms with van der Waals surface area (Å²) in [6.45, 7) is 1.98. The Morgan fingerprint density at radius 1 is 1.48 bits per heavy atom. The monoisotopic (exact) mass is 383 g/mol. The van der Waals surface area contributed by atoms with Crippen molar-refractivity contribution in [2.75, 3.05) is 7.05 Å². The van der Waals surface area contributed by atoms with Crippen molar-refractivity contribution < 1.29 is 4.79 Å². The third-order valence-corrected chi connectivity index (χ3v) is 6.58. The molecule has 0 spiro atoms. The minimum absolute atomic E-state index is 0.0167. The zero-order valence-corrected chi connectivity index (χ0v) is 14.8. The molecule has 4 nitrogen and oxygen atoms in total. The molecule has 0 radical (unpaired) electrons. The first-order chi connectivity index (χ1) is 9.93. The lowest BCUT2D eigenvalue weighted by Gasteiger charge is -2.39. The first-order valence-electron chi connectivity index (χ1n) is 6.34. The maximum atomic E-state index is 12.8. The van der Waals surface area contributed by atoms with Crippen LogP contribution in [0.5, 0.6) is 0 Å². The lowest BCUT2D eigenvalue weighted by atomic mass is 9.81. The molecular formula is C14H14BrN3OS2. The van der Waals surface area contributed by atoms with Crippen molar-refractivity contribution in [3.05, 3.63) is 43.2 Å². The number of amides is 1. The van der Waals surface area contributed by atoms with Gasteiger partial charge in [-0.05, 0) is 40.4 Å². The molecule has 2 aromatic heterocycles. The van der Waals surface area contributed by atoms with Crippen LogP contribution in [0.1, 0.15) is 22.6 Å².